The molecule has 14 heteroatoms. The molecule has 1 N–H and O–H groups in total. The Hall–Kier alpha value is -4.17. The molecule has 2 bridgehead atoms. The van der Waals surface area contributed by atoms with Crippen molar-refractivity contribution in [2.45, 2.75) is 108 Å². The highest BCUT2D eigenvalue weighted by Gasteiger charge is 2.72. The predicted molar refractivity (Wildman–Crippen MR) is 160 cm³/mol. The summed E-state index contributed by atoms with van der Waals surface area (Å²) in [6, 6.07) is 3.58. The lowest BCUT2D eigenvalue weighted by atomic mass is 9.50. The zero-order chi connectivity index (χ0) is 34.6. The van der Waals surface area contributed by atoms with Crippen LogP contribution in [0.1, 0.15) is 65.5 Å². The van der Waals surface area contributed by atoms with Crippen molar-refractivity contribution in [3.05, 3.63) is 35.1 Å². The van der Waals surface area contributed by atoms with E-state index in [9.17, 15) is 29.1 Å². The van der Waals surface area contributed by atoms with E-state index in [2.05, 4.69) is 4.90 Å². The van der Waals surface area contributed by atoms with E-state index in [0.29, 0.717) is 30.9 Å². The standard InChI is InChI=1S/C33H41NO13/c1-16(42-29(38)25(43-17(2)35)26(44-18(3)36)30(39)47-31(4,5)6)28(37)45-21-11-12-33(40)22-15-19-9-10-20(41-8)24-23(19)32(33,27(21)46-24)13-14-34(22)7/h9-11,16,22,25-27,40H,12-15H2,1-8H3/t16?,22-,25-,26-,27+,32+,33-/m1/s1. The number of aliphatic hydroxyl groups is 1. The maximum atomic E-state index is 13.4. The third kappa shape index (κ3) is 5.81. The molecule has 1 spiro atoms. The molecule has 14 nitrogen and oxygen atoms in total. The van der Waals surface area contributed by atoms with E-state index in [4.69, 9.17) is 33.2 Å². The predicted octanol–water partition coefficient (Wildman–Crippen LogP) is 1.65. The first-order valence-electron chi connectivity index (χ1n) is 15.4. The number of ether oxygens (including phenoxy) is 7. The summed E-state index contributed by atoms with van der Waals surface area (Å²) < 4.78 is 38.5. The number of nitrogens with zero attached hydrogens (tertiary/aromatic N) is 1. The van der Waals surface area contributed by atoms with Crippen LogP contribution in [-0.4, -0.2) is 102 Å². The third-order valence-electron chi connectivity index (χ3n) is 9.13. The van der Waals surface area contributed by atoms with Crippen molar-refractivity contribution in [2.75, 3.05) is 20.7 Å². The first-order chi connectivity index (χ1) is 21.9. The molecule has 0 amide bonds. The highest BCUT2D eigenvalue weighted by Crippen LogP contribution is 2.65. The van der Waals surface area contributed by atoms with Gasteiger partial charge in [0.15, 0.2) is 23.7 Å². The number of hydrogen-bond donors (Lipinski definition) is 1. The van der Waals surface area contributed by atoms with Crippen LogP contribution < -0.4 is 9.47 Å². The van der Waals surface area contributed by atoms with Gasteiger partial charge in [0.25, 0.3) is 0 Å². The van der Waals surface area contributed by atoms with E-state index >= 15 is 0 Å². The van der Waals surface area contributed by atoms with Crippen molar-refractivity contribution >= 4 is 29.8 Å². The molecule has 47 heavy (non-hydrogen) atoms. The van der Waals surface area contributed by atoms with Gasteiger partial charge in [-0.15, -0.1) is 0 Å². The molecule has 7 atom stereocenters. The molecule has 5 rings (SSSR count). The molecule has 256 valence electrons. The van der Waals surface area contributed by atoms with Crippen LogP contribution in [0, 0.1) is 0 Å². The summed E-state index contributed by atoms with van der Waals surface area (Å²) in [6.07, 6.45) is -3.65. The third-order valence-corrected chi connectivity index (χ3v) is 9.13. The van der Waals surface area contributed by atoms with Gasteiger partial charge in [0, 0.05) is 31.9 Å². The Bertz CT molecular complexity index is 1530. The van der Waals surface area contributed by atoms with Gasteiger partial charge < -0.3 is 43.2 Å². The normalized spacial score (nSPS) is 27.5. The second kappa shape index (κ2) is 12.1. The lowest BCUT2D eigenvalue weighted by molar-refractivity contribution is -0.198. The summed E-state index contributed by atoms with van der Waals surface area (Å²) >= 11 is 0. The Morgan fingerprint density at radius 1 is 1.00 bits per heavy atom. The molecule has 2 aliphatic heterocycles. The van der Waals surface area contributed by atoms with Crippen LogP contribution >= 0.6 is 0 Å². The molecule has 1 fully saturated rings. The monoisotopic (exact) mass is 659 g/mol. The molecule has 2 aliphatic carbocycles. The molecule has 0 saturated carbocycles. The van der Waals surface area contributed by atoms with E-state index in [1.165, 1.54) is 14.0 Å². The number of methoxy groups -OCH3 is 1. The Kier molecular flexibility index (Phi) is 8.82. The van der Waals surface area contributed by atoms with Crippen molar-refractivity contribution in [3.63, 3.8) is 0 Å². The molecule has 2 heterocycles. The number of rotatable bonds is 9. The van der Waals surface area contributed by atoms with Gasteiger partial charge in [0.05, 0.1) is 18.1 Å². The quantitative estimate of drug-likeness (QED) is 0.299. The number of piperidine rings is 1. The van der Waals surface area contributed by atoms with E-state index in [-0.39, 0.29) is 18.2 Å². The second-order valence-electron chi connectivity index (χ2n) is 13.4. The largest absolute Gasteiger partial charge is 0.493 e. The van der Waals surface area contributed by atoms with Gasteiger partial charge in [-0.2, -0.15) is 0 Å². The summed E-state index contributed by atoms with van der Waals surface area (Å²) in [7, 11) is 3.50. The number of likely N-dealkylation sites (N-methyl/N-ethyl adjacent to an activating group) is 1. The van der Waals surface area contributed by atoms with Crippen LogP contribution in [0.15, 0.2) is 24.0 Å². The highest BCUT2D eigenvalue weighted by atomic mass is 16.7. The van der Waals surface area contributed by atoms with Gasteiger partial charge in [0.2, 0.25) is 12.2 Å². The molecular formula is C33H41NO13. The van der Waals surface area contributed by atoms with Gasteiger partial charge in [-0.05, 0) is 71.8 Å². The number of likely N-dealkylation sites (tertiary alicyclic amines) is 1. The summed E-state index contributed by atoms with van der Waals surface area (Å²) in [5.74, 6) is -4.34. The molecule has 1 unspecified atom stereocenters. The minimum Gasteiger partial charge on any atom is -0.493 e. The molecule has 4 aliphatic rings. The van der Waals surface area contributed by atoms with E-state index < -0.39 is 70.9 Å². The Morgan fingerprint density at radius 2 is 1.64 bits per heavy atom. The van der Waals surface area contributed by atoms with Crippen molar-refractivity contribution in [3.8, 4) is 11.5 Å². The minimum absolute atomic E-state index is 0.139. The lowest BCUT2D eigenvalue weighted by Crippen LogP contribution is -2.74. The SMILES string of the molecule is COc1ccc2c3c1O[C@H]1C(OC(=O)C(C)OC(=O)[C@H](OC(C)=O)[C@@H](OC(C)=O)C(=O)OC(C)(C)C)=CC[C@@]4(O)[C@@H](C2)N(C)CC[C@]314. The summed E-state index contributed by atoms with van der Waals surface area (Å²) in [4.78, 5) is 65.5. The molecule has 1 saturated heterocycles. The molecular weight excluding hydrogens is 618 g/mol. The fourth-order valence-corrected chi connectivity index (χ4v) is 7.26. The molecule has 0 radical (unpaired) electrons. The number of carbonyl (C=O) groups is 5. The maximum Gasteiger partial charge on any atom is 0.352 e. The minimum atomic E-state index is -2.08. The average molecular weight is 660 g/mol. The lowest BCUT2D eigenvalue weighted by Gasteiger charge is -2.61. The van der Waals surface area contributed by atoms with Crippen molar-refractivity contribution in [1.82, 2.24) is 4.90 Å². The van der Waals surface area contributed by atoms with Crippen molar-refractivity contribution < 1.29 is 62.2 Å². The Morgan fingerprint density at radius 3 is 2.23 bits per heavy atom. The number of benzene rings is 1. The van der Waals surface area contributed by atoms with Gasteiger partial charge in [0.1, 0.15) is 11.4 Å². The smallest absolute Gasteiger partial charge is 0.352 e. The average Bonchev–Trinajstić information content (AvgIpc) is 3.32. The van der Waals surface area contributed by atoms with Crippen LogP contribution in [0.25, 0.3) is 0 Å². The molecule has 0 aromatic heterocycles. The van der Waals surface area contributed by atoms with Crippen LogP contribution in [0.5, 0.6) is 11.5 Å². The zero-order valence-corrected chi connectivity index (χ0v) is 27.7. The number of esters is 5. The van der Waals surface area contributed by atoms with Gasteiger partial charge in [-0.3, -0.25) is 9.59 Å². The van der Waals surface area contributed by atoms with Crippen molar-refractivity contribution in [2.24, 2.45) is 0 Å². The molecule has 1 aromatic carbocycles. The zero-order valence-electron chi connectivity index (χ0n) is 27.7. The summed E-state index contributed by atoms with van der Waals surface area (Å²) in [6.45, 7) is 8.52. The van der Waals surface area contributed by atoms with E-state index in [0.717, 1.165) is 25.0 Å². The summed E-state index contributed by atoms with van der Waals surface area (Å²) in [5, 5.41) is 12.4. The first kappa shape index (κ1) is 34.2. The fourth-order valence-electron chi connectivity index (χ4n) is 7.26. The van der Waals surface area contributed by atoms with Crippen molar-refractivity contribution in [1.29, 1.82) is 0 Å². The van der Waals surface area contributed by atoms with E-state index in [1.54, 1.807) is 26.8 Å². The molecule has 1 aromatic rings. The van der Waals surface area contributed by atoms with E-state index in [1.807, 2.05) is 19.2 Å². The Labute approximate surface area is 272 Å². The second-order valence-corrected chi connectivity index (χ2v) is 13.4. The van der Waals surface area contributed by atoms with Crippen LogP contribution in [-0.2, 0) is 59.5 Å². The number of carbonyl (C=O) groups excluding carboxylic acids is 5. The maximum absolute atomic E-state index is 13.4. The van der Waals surface area contributed by atoms with Crippen LogP contribution in [0.4, 0.5) is 0 Å². The fraction of sp³-hybridized carbons (Fsp3) is 0.606. The van der Waals surface area contributed by atoms with Gasteiger partial charge in [-0.1, -0.05) is 6.07 Å². The highest BCUT2D eigenvalue weighted by molar-refractivity contribution is 5.90. The van der Waals surface area contributed by atoms with Crippen LogP contribution in [0.3, 0.4) is 0 Å². The topological polar surface area (TPSA) is 173 Å². The van der Waals surface area contributed by atoms with Gasteiger partial charge >= 0.3 is 29.8 Å². The first-order valence-corrected chi connectivity index (χ1v) is 15.4. The number of hydrogen-bond acceptors (Lipinski definition) is 14. The van der Waals surface area contributed by atoms with Crippen LogP contribution in [0.2, 0.25) is 0 Å². The van der Waals surface area contributed by atoms with Gasteiger partial charge in [-0.25, -0.2) is 14.4 Å². The summed E-state index contributed by atoms with van der Waals surface area (Å²) in [5.41, 5.74) is -1.35. The Balaban J connectivity index is 1.39.